The quantitative estimate of drug-likeness (QED) is 0.632. The Kier molecular flexibility index (Phi) is 5.06. The van der Waals surface area contributed by atoms with Crippen molar-refractivity contribution in [3.8, 4) is 0 Å². The SMILES string of the molecule is Cc1noc(C(C)C)c1C(=O)O[C@@H](C)c1nc2sc3c(c2c(=O)[nH]1)CC[C@@H](C)C3. The highest BCUT2D eigenvalue weighted by Gasteiger charge is 2.27. The van der Waals surface area contributed by atoms with Crippen molar-refractivity contribution in [3.63, 3.8) is 0 Å². The van der Waals surface area contributed by atoms with Gasteiger partial charge in [-0.3, -0.25) is 4.79 Å². The number of H-pyrrole nitrogens is 1. The molecule has 0 bridgehead atoms. The lowest BCUT2D eigenvalue weighted by molar-refractivity contribution is 0.0316. The van der Waals surface area contributed by atoms with Crippen LogP contribution in [0.25, 0.3) is 10.2 Å². The zero-order valence-electron chi connectivity index (χ0n) is 17.3. The first-order valence-corrected chi connectivity index (χ1v) is 10.8. The minimum Gasteiger partial charge on any atom is -0.451 e. The van der Waals surface area contributed by atoms with Crippen LogP contribution in [-0.4, -0.2) is 21.1 Å². The lowest BCUT2D eigenvalue weighted by Gasteiger charge is -2.17. The molecule has 3 aromatic rings. The largest absolute Gasteiger partial charge is 0.451 e. The highest BCUT2D eigenvalue weighted by Crippen LogP contribution is 2.36. The third-order valence-corrected chi connectivity index (χ3v) is 6.62. The fourth-order valence-corrected chi connectivity index (χ4v) is 5.25. The predicted molar refractivity (Wildman–Crippen MR) is 111 cm³/mol. The van der Waals surface area contributed by atoms with Crippen molar-refractivity contribution >= 4 is 27.5 Å². The summed E-state index contributed by atoms with van der Waals surface area (Å²) in [5, 5.41) is 4.58. The van der Waals surface area contributed by atoms with Crippen molar-refractivity contribution in [2.75, 3.05) is 0 Å². The first kappa shape index (κ1) is 19.8. The molecule has 1 N–H and O–H groups in total. The van der Waals surface area contributed by atoms with Crippen LogP contribution in [0.4, 0.5) is 0 Å². The van der Waals surface area contributed by atoms with Crippen molar-refractivity contribution in [3.05, 3.63) is 43.6 Å². The van der Waals surface area contributed by atoms with Crippen LogP contribution in [0.3, 0.4) is 0 Å². The van der Waals surface area contributed by atoms with Crippen LogP contribution < -0.4 is 5.56 Å². The summed E-state index contributed by atoms with van der Waals surface area (Å²) in [5.74, 6) is 0.945. The zero-order valence-corrected chi connectivity index (χ0v) is 18.1. The number of aryl methyl sites for hydroxylation is 2. The predicted octanol–water partition coefficient (Wildman–Crippen LogP) is 4.45. The molecule has 0 fully saturated rings. The highest BCUT2D eigenvalue weighted by molar-refractivity contribution is 7.18. The molecule has 0 amide bonds. The van der Waals surface area contributed by atoms with Gasteiger partial charge in [0.2, 0.25) is 0 Å². The summed E-state index contributed by atoms with van der Waals surface area (Å²) >= 11 is 1.58. The van der Waals surface area contributed by atoms with Crippen molar-refractivity contribution in [2.45, 2.75) is 65.9 Å². The van der Waals surface area contributed by atoms with Crippen LogP contribution in [0.2, 0.25) is 0 Å². The van der Waals surface area contributed by atoms with E-state index in [0.29, 0.717) is 34.1 Å². The molecule has 0 radical (unpaired) electrons. The fraction of sp³-hybridized carbons (Fsp3) is 0.524. The van der Waals surface area contributed by atoms with E-state index < -0.39 is 12.1 Å². The standard InChI is InChI=1S/C21H25N3O4S/c1-9(2)17-15(11(4)24-28-17)21(26)27-12(5)18-22-19(25)16-13-7-6-10(3)8-14(13)29-20(16)23-18/h9-10,12H,6-8H2,1-5H3,(H,22,23,25)/t10-,12+/m1/s1. The van der Waals surface area contributed by atoms with Gasteiger partial charge >= 0.3 is 5.97 Å². The van der Waals surface area contributed by atoms with Crippen molar-refractivity contribution < 1.29 is 14.1 Å². The summed E-state index contributed by atoms with van der Waals surface area (Å²) in [5.41, 5.74) is 1.80. The normalized spacial score (nSPS) is 17.5. The number of esters is 1. The van der Waals surface area contributed by atoms with Gasteiger partial charge in [0, 0.05) is 10.8 Å². The molecule has 8 heteroatoms. The average Bonchev–Trinajstić information content (AvgIpc) is 3.21. The second kappa shape index (κ2) is 7.40. The molecule has 0 saturated heterocycles. The van der Waals surface area contributed by atoms with E-state index in [-0.39, 0.29) is 11.5 Å². The van der Waals surface area contributed by atoms with Crippen LogP contribution in [-0.2, 0) is 17.6 Å². The number of thiophene rings is 1. The molecule has 4 rings (SSSR count). The maximum atomic E-state index is 12.8. The van der Waals surface area contributed by atoms with Gasteiger partial charge in [0.15, 0.2) is 17.7 Å². The third kappa shape index (κ3) is 3.50. The Morgan fingerprint density at radius 3 is 2.83 bits per heavy atom. The number of nitrogens with one attached hydrogen (secondary N) is 1. The van der Waals surface area contributed by atoms with Crippen molar-refractivity contribution in [2.24, 2.45) is 5.92 Å². The van der Waals surface area contributed by atoms with Gasteiger partial charge in [-0.1, -0.05) is 25.9 Å². The maximum Gasteiger partial charge on any atom is 0.344 e. The van der Waals surface area contributed by atoms with E-state index in [1.807, 2.05) is 13.8 Å². The van der Waals surface area contributed by atoms with Crippen molar-refractivity contribution in [1.82, 2.24) is 15.1 Å². The molecule has 29 heavy (non-hydrogen) atoms. The number of hydrogen-bond donors (Lipinski definition) is 1. The topological polar surface area (TPSA) is 98.1 Å². The number of fused-ring (bicyclic) bond motifs is 3. The summed E-state index contributed by atoms with van der Waals surface area (Å²) in [6.45, 7) is 9.49. The first-order valence-electron chi connectivity index (χ1n) is 9.97. The van der Waals surface area contributed by atoms with Gasteiger partial charge in [-0.15, -0.1) is 11.3 Å². The number of hydrogen-bond acceptors (Lipinski definition) is 7. The smallest absolute Gasteiger partial charge is 0.344 e. The van der Waals surface area contributed by atoms with Crippen LogP contribution in [0, 0.1) is 12.8 Å². The Hall–Kier alpha value is -2.48. The molecule has 3 heterocycles. The lowest BCUT2D eigenvalue weighted by atomic mass is 9.89. The molecule has 2 atom stereocenters. The summed E-state index contributed by atoms with van der Waals surface area (Å²) < 4.78 is 10.9. The van der Waals surface area contributed by atoms with E-state index in [2.05, 4.69) is 22.0 Å². The number of ether oxygens (including phenoxy) is 1. The molecule has 0 aromatic carbocycles. The molecular weight excluding hydrogens is 390 g/mol. The first-order chi connectivity index (χ1) is 13.8. The number of rotatable bonds is 4. The van der Waals surface area contributed by atoms with Crippen molar-refractivity contribution in [1.29, 1.82) is 0 Å². The van der Waals surface area contributed by atoms with Gasteiger partial charge in [0.25, 0.3) is 5.56 Å². The monoisotopic (exact) mass is 415 g/mol. The molecule has 0 saturated carbocycles. The minimum absolute atomic E-state index is 0.00293. The molecule has 7 nitrogen and oxygen atoms in total. The number of aromatic amines is 1. The Balaban J connectivity index is 1.64. The van der Waals surface area contributed by atoms with E-state index in [1.165, 1.54) is 4.88 Å². The van der Waals surface area contributed by atoms with Gasteiger partial charge in [-0.2, -0.15) is 0 Å². The number of aromatic nitrogens is 3. The fourth-order valence-electron chi connectivity index (χ4n) is 3.86. The molecule has 1 aliphatic rings. The number of nitrogens with zero attached hydrogens (tertiary/aromatic N) is 2. The van der Waals surface area contributed by atoms with Crippen LogP contribution in [0.5, 0.6) is 0 Å². The molecule has 0 spiro atoms. The lowest BCUT2D eigenvalue weighted by Crippen LogP contribution is -2.19. The Bertz CT molecular complexity index is 1140. The number of carbonyl (C=O) groups excluding carboxylic acids is 1. The second-order valence-corrected chi connectivity index (χ2v) is 9.28. The molecular formula is C21H25N3O4S. The van der Waals surface area contributed by atoms with Crippen LogP contribution in [0.1, 0.15) is 84.2 Å². The maximum absolute atomic E-state index is 12.8. The van der Waals surface area contributed by atoms with E-state index in [1.54, 1.807) is 25.2 Å². The van der Waals surface area contributed by atoms with Gasteiger partial charge in [-0.25, -0.2) is 9.78 Å². The molecule has 3 aromatic heterocycles. The Morgan fingerprint density at radius 2 is 2.10 bits per heavy atom. The minimum atomic E-state index is -0.702. The van der Waals surface area contributed by atoms with E-state index in [4.69, 9.17) is 9.26 Å². The highest BCUT2D eigenvalue weighted by atomic mass is 32.1. The third-order valence-electron chi connectivity index (χ3n) is 5.47. The Morgan fingerprint density at radius 1 is 1.34 bits per heavy atom. The summed E-state index contributed by atoms with van der Waals surface area (Å²) in [6, 6.07) is 0. The molecule has 1 aliphatic carbocycles. The number of carbonyl (C=O) groups is 1. The molecule has 0 unspecified atom stereocenters. The van der Waals surface area contributed by atoms with Gasteiger partial charge < -0.3 is 14.2 Å². The van der Waals surface area contributed by atoms with Gasteiger partial charge in [-0.05, 0) is 44.6 Å². The van der Waals surface area contributed by atoms with Gasteiger partial charge in [0.1, 0.15) is 10.4 Å². The van der Waals surface area contributed by atoms with Crippen LogP contribution >= 0.6 is 11.3 Å². The van der Waals surface area contributed by atoms with E-state index >= 15 is 0 Å². The Labute approximate surface area is 172 Å². The zero-order chi connectivity index (χ0) is 20.9. The summed E-state index contributed by atoms with van der Waals surface area (Å²) in [4.78, 5) is 34.9. The molecule has 0 aliphatic heterocycles. The van der Waals surface area contributed by atoms with E-state index in [0.717, 1.165) is 29.7 Å². The van der Waals surface area contributed by atoms with Gasteiger partial charge in [0.05, 0.1) is 11.1 Å². The molecule has 154 valence electrons. The summed E-state index contributed by atoms with van der Waals surface area (Å²) in [6.07, 6.45) is 2.28. The average molecular weight is 416 g/mol. The summed E-state index contributed by atoms with van der Waals surface area (Å²) in [7, 11) is 0. The van der Waals surface area contributed by atoms with Crippen LogP contribution in [0.15, 0.2) is 9.32 Å². The second-order valence-electron chi connectivity index (χ2n) is 8.19. The van der Waals surface area contributed by atoms with E-state index in [9.17, 15) is 9.59 Å².